The van der Waals surface area contributed by atoms with Crippen molar-refractivity contribution in [1.29, 1.82) is 0 Å². The van der Waals surface area contributed by atoms with Crippen molar-refractivity contribution in [3.05, 3.63) is 42.0 Å². The number of nitrogens with zero attached hydrogens (tertiary/aromatic N) is 1. The van der Waals surface area contributed by atoms with Crippen LogP contribution in [0.25, 0.3) is 0 Å². The van der Waals surface area contributed by atoms with Crippen molar-refractivity contribution in [3.8, 4) is 5.75 Å². The molecule has 0 radical (unpaired) electrons. The largest absolute Gasteiger partial charge is 0.490 e. The Morgan fingerprint density at radius 1 is 1.19 bits per heavy atom. The van der Waals surface area contributed by atoms with Gasteiger partial charge in [-0.05, 0) is 37.8 Å². The van der Waals surface area contributed by atoms with Crippen molar-refractivity contribution < 1.29 is 14.3 Å². The van der Waals surface area contributed by atoms with E-state index in [1.807, 2.05) is 39.0 Å². The number of nitrogens with one attached hydrogen (secondary N) is 1. The molecule has 0 saturated heterocycles. The summed E-state index contributed by atoms with van der Waals surface area (Å²) in [6.07, 6.45) is 6.50. The first-order valence-electron chi connectivity index (χ1n) is 9.83. The first kappa shape index (κ1) is 21.0. The van der Waals surface area contributed by atoms with Crippen LogP contribution >= 0.6 is 0 Å². The standard InChI is InChI=1S/C22H32N2O3/c1-6-17-12-8-7-11-16(4)27-19-14-10-9-13-18(19)22(26)24(5)20(15(2)3)21(25)23-17/h7-10,13-17,20H,6,11-12H2,1-5H3,(H,23,25)/b8-7+/t16-,17+,20-/m1/s1. The van der Waals surface area contributed by atoms with E-state index in [9.17, 15) is 9.59 Å². The van der Waals surface area contributed by atoms with Gasteiger partial charge in [0.15, 0.2) is 0 Å². The van der Waals surface area contributed by atoms with Gasteiger partial charge in [0.2, 0.25) is 5.91 Å². The summed E-state index contributed by atoms with van der Waals surface area (Å²) in [5, 5.41) is 3.12. The van der Waals surface area contributed by atoms with E-state index in [4.69, 9.17) is 4.74 Å². The van der Waals surface area contributed by atoms with Crippen LogP contribution in [-0.2, 0) is 4.79 Å². The van der Waals surface area contributed by atoms with Crippen molar-refractivity contribution in [1.82, 2.24) is 10.2 Å². The first-order chi connectivity index (χ1) is 12.8. The van der Waals surface area contributed by atoms with Gasteiger partial charge < -0.3 is 15.0 Å². The fourth-order valence-electron chi connectivity index (χ4n) is 3.42. The van der Waals surface area contributed by atoms with Gasteiger partial charge in [0.1, 0.15) is 11.8 Å². The van der Waals surface area contributed by atoms with Gasteiger partial charge in [-0.1, -0.05) is 45.1 Å². The normalized spacial score (nSPS) is 26.0. The van der Waals surface area contributed by atoms with Gasteiger partial charge >= 0.3 is 0 Å². The molecule has 1 aliphatic rings. The monoisotopic (exact) mass is 372 g/mol. The molecule has 0 aliphatic carbocycles. The number of hydrogen-bond donors (Lipinski definition) is 1. The van der Waals surface area contributed by atoms with Crippen LogP contribution in [0.15, 0.2) is 36.4 Å². The molecule has 0 saturated carbocycles. The number of amides is 2. The molecule has 5 heteroatoms. The number of likely N-dealkylation sites (N-methyl/N-ethyl adjacent to an activating group) is 1. The van der Waals surface area contributed by atoms with Crippen molar-refractivity contribution in [2.45, 2.75) is 65.1 Å². The Morgan fingerprint density at radius 2 is 1.85 bits per heavy atom. The average molecular weight is 373 g/mol. The van der Waals surface area contributed by atoms with E-state index in [-0.39, 0.29) is 29.9 Å². The van der Waals surface area contributed by atoms with E-state index in [0.717, 1.165) is 19.3 Å². The van der Waals surface area contributed by atoms with E-state index < -0.39 is 6.04 Å². The predicted molar refractivity (Wildman–Crippen MR) is 108 cm³/mol. The third-order valence-electron chi connectivity index (χ3n) is 4.98. The van der Waals surface area contributed by atoms with Crippen LogP contribution in [0.3, 0.4) is 0 Å². The molecule has 0 spiro atoms. The second kappa shape index (κ2) is 9.58. The fraction of sp³-hybridized carbons (Fsp3) is 0.545. The Morgan fingerprint density at radius 3 is 2.52 bits per heavy atom. The lowest BCUT2D eigenvalue weighted by molar-refractivity contribution is -0.127. The number of ether oxygens (including phenoxy) is 1. The van der Waals surface area contributed by atoms with Gasteiger partial charge in [0.05, 0.1) is 11.7 Å². The second-order valence-corrected chi connectivity index (χ2v) is 7.59. The predicted octanol–water partition coefficient (Wildman–Crippen LogP) is 3.80. The number of benzene rings is 1. The molecule has 0 unspecified atom stereocenters. The molecule has 0 aromatic heterocycles. The first-order valence-corrected chi connectivity index (χ1v) is 9.83. The maximum Gasteiger partial charge on any atom is 0.258 e. The van der Waals surface area contributed by atoms with Crippen LogP contribution in [0, 0.1) is 5.92 Å². The number of fused-ring (bicyclic) bond motifs is 1. The number of carbonyl (C=O) groups is 2. The van der Waals surface area contributed by atoms with Crippen molar-refractivity contribution in [3.63, 3.8) is 0 Å². The number of carbonyl (C=O) groups excluding carboxylic acids is 2. The molecular weight excluding hydrogens is 340 g/mol. The van der Waals surface area contributed by atoms with Gasteiger partial charge in [-0.3, -0.25) is 9.59 Å². The Labute approximate surface area is 162 Å². The van der Waals surface area contributed by atoms with E-state index in [2.05, 4.69) is 24.4 Å². The smallest absolute Gasteiger partial charge is 0.258 e. The number of rotatable bonds is 2. The van der Waals surface area contributed by atoms with Gasteiger partial charge in [-0.25, -0.2) is 0 Å². The molecule has 2 amide bonds. The molecule has 1 aliphatic heterocycles. The third-order valence-corrected chi connectivity index (χ3v) is 4.98. The van der Waals surface area contributed by atoms with E-state index >= 15 is 0 Å². The van der Waals surface area contributed by atoms with Crippen molar-refractivity contribution in [2.24, 2.45) is 5.92 Å². The highest BCUT2D eigenvalue weighted by Gasteiger charge is 2.32. The highest BCUT2D eigenvalue weighted by Crippen LogP contribution is 2.24. The Kier molecular flexibility index (Phi) is 7.45. The highest BCUT2D eigenvalue weighted by molar-refractivity contribution is 5.99. The minimum Gasteiger partial charge on any atom is -0.490 e. The van der Waals surface area contributed by atoms with Crippen LogP contribution < -0.4 is 10.1 Å². The highest BCUT2D eigenvalue weighted by atomic mass is 16.5. The van der Waals surface area contributed by atoms with Gasteiger partial charge in [0, 0.05) is 19.5 Å². The lowest BCUT2D eigenvalue weighted by Crippen LogP contribution is -2.52. The summed E-state index contributed by atoms with van der Waals surface area (Å²) in [5.74, 6) is 0.241. The summed E-state index contributed by atoms with van der Waals surface area (Å²) in [6, 6.07) is 6.77. The summed E-state index contributed by atoms with van der Waals surface area (Å²) < 4.78 is 6.04. The third kappa shape index (κ3) is 5.34. The molecule has 5 nitrogen and oxygen atoms in total. The number of para-hydroxylation sites is 1. The zero-order chi connectivity index (χ0) is 20.0. The average Bonchev–Trinajstić information content (AvgIpc) is 2.63. The summed E-state index contributed by atoms with van der Waals surface area (Å²) in [5.41, 5.74) is 0.485. The molecule has 3 atom stereocenters. The summed E-state index contributed by atoms with van der Waals surface area (Å²) in [4.78, 5) is 27.7. The molecule has 1 aromatic rings. The zero-order valence-electron chi connectivity index (χ0n) is 17.1. The molecule has 1 N–H and O–H groups in total. The lowest BCUT2D eigenvalue weighted by atomic mass is 9.99. The summed E-state index contributed by atoms with van der Waals surface area (Å²) in [7, 11) is 1.69. The van der Waals surface area contributed by atoms with E-state index in [0.29, 0.717) is 11.3 Å². The fourth-order valence-corrected chi connectivity index (χ4v) is 3.42. The van der Waals surface area contributed by atoms with Crippen LogP contribution in [0.1, 0.15) is 57.3 Å². The Balaban J connectivity index is 2.43. The molecule has 0 bridgehead atoms. The zero-order valence-corrected chi connectivity index (χ0v) is 17.1. The minimum atomic E-state index is -0.538. The van der Waals surface area contributed by atoms with Crippen LogP contribution in [-0.4, -0.2) is 41.9 Å². The summed E-state index contributed by atoms with van der Waals surface area (Å²) in [6.45, 7) is 7.98. The molecule has 1 aromatic carbocycles. The number of hydrogen-bond acceptors (Lipinski definition) is 3. The second-order valence-electron chi connectivity index (χ2n) is 7.59. The molecule has 1 heterocycles. The van der Waals surface area contributed by atoms with Crippen molar-refractivity contribution in [2.75, 3.05) is 7.05 Å². The SMILES string of the molecule is CC[C@H]1C/C=C/C[C@@H](C)Oc2ccccc2C(=O)N(C)[C@H](C(C)C)C(=O)N1. The molecule has 27 heavy (non-hydrogen) atoms. The lowest BCUT2D eigenvalue weighted by Gasteiger charge is -2.32. The molecule has 0 fully saturated rings. The Bertz CT molecular complexity index is 684. The van der Waals surface area contributed by atoms with E-state index in [1.54, 1.807) is 18.0 Å². The van der Waals surface area contributed by atoms with Crippen molar-refractivity contribution >= 4 is 11.8 Å². The van der Waals surface area contributed by atoms with Crippen LogP contribution in [0.2, 0.25) is 0 Å². The minimum absolute atomic E-state index is 0.00749. The summed E-state index contributed by atoms with van der Waals surface area (Å²) >= 11 is 0. The van der Waals surface area contributed by atoms with E-state index in [1.165, 1.54) is 0 Å². The van der Waals surface area contributed by atoms with Crippen LogP contribution in [0.4, 0.5) is 0 Å². The molecular formula is C22H32N2O3. The maximum atomic E-state index is 13.2. The molecule has 2 rings (SSSR count). The van der Waals surface area contributed by atoms with Gasteiger partial charge in [-0.2, -0.15) is 0 Å². The topological polar surface area (TPSA) is 58.6 Å². The van der Waals surface area contributed by atoms with Gasteiger partial charge in [-0.15, -0.1) is 0 Å². The maximum absolute atomic E-state index is 13.2. The van der Waals surface area contributed by atoms with Gasteiger partial charge in [0.25, 0.3) is 5.91 Å². The quantitative estimate of drug-likeness (QED) is 0.804. The Hall–Kier alpha value is -2.30. The van der Waals surface area contributed by atoms with Crippen LogP contribution in [0.5, 0.6) is 5.75 Å². The molecule has 148 valence electrons.